The van der Waals surface area contributed by atoms with Crippen LogP contribution in [0, 0.1) is 19.7 Å². The zero-order valence-corrected chi connectivity index (χ0v) is 11.5. The van der Waals surface area contributed by atoms with E-state index in [9.17, 15) is 9.18 Å². The molecule has 19 heavy (non-hydrogen) atoms. The van der Waals surface area contributed by atoms with Crippen molar-refractivity contribution in [1.29, 1.82) is 0 Å². The molecule has 0 aliphatic rings. The number of nitrogens with zero attached hydrogens (tertiary/aromatic N) is 1. The van der Waals surface area contributed by atoms with Gasteiger partial charge in [0.2, 0.25) is 0 Å². The van der Waals surface area contributed by atoms with E-state index in [2.05, 4.69) is 10.3 Å². The van der Waals surface area contributed by atoms with E-state index in [4.69, 9.17) is 5.73 Å². The lowest BCUT2D eigenvalue weighted by Crippen LogP contribution is -2.22. The summed E-state index contributed by atoms with van der Waals surface area (Å²) in [6, 6.07) is 3.91. The fourth-order valence-corrected chi connectivity index (χ4v) is 2.43. The fourth-order valence-electron chi connectivity index (χ4n) is 1.56. The van der Waals surface area contributed by atoms with Crippen molar-refractivity contribution in [3.8, 4) is 0 Å². The van der Waals surface area contributed by atoms with Gasteiger partial charge in [-0.15, -0.1) is 11.3 Å². The smallest absolute Gasteiger partial charge is 0.251 e. The number of halogens is 1. The minimum Gasteiger partial charge on any atom is -0.396 e. The Kier molecular flexibility index (Phi) is 3.80. The molecule has 2 aromatic rings. The lowest BCUT2D eigenvalue weighted by molar-refractivity contribution is 0.0951. The first-order chi connectivity index (χ1) is 8.97. The average Bonchev–Trinajstić information content (AvgIpc) is 2.69. The summed E-state index contributed by atoms with van der Waals surface area (Å²) in [6.45, 7) is 4.27. The number of aryl methyl sites for hydroxylation is 2. The van der Waals surface area contributed by atoms with Crippen LogP contribution >= 0.6 is 11.3 Å². The van der Waals surface area contributed by atoms with Gasteiger partial charge >= 0.3 is 0 Å². The monoisotopic (exact) mass is 279 g/mol. The molecule has 0 aliphatic heterocycles. The molecule has 0 aliphatic carbocycles. The Morgan fingerprint density at radius 1 is 1.47 bits per heavy atom. The van der Waals surface area contributed by atoms with E-state index in [1.54, 1.807) is 11.3 Å². The van der Waals surface area contributed by atoms with Gasteiger partial charge in [-0.2, -0.15) is 0 Å². The van der Waals surface area contributed by atoms with Crippen LogP contribution in [0.3, 0.4) is 0 Å². The van der Waals surface area contributed by atoms with Crippen LogP contribution in [0.1, 0.15) is 25.9 Å². The molecule has 4 nitrogen and oxygen atoms in total. The SMILES string of the molecule is Cc1nc(CNC(=O)c2ccc(F)c(N)c2)sc1C. The third-order valence-electron chi connectivity index (χ3n) is 2.73. The van der Waals surface area contributed by atoms with Gasteiger partial charge in [0.15, 0.2) is 0 Å². The van der Waals surface area contributed by atoms with Crippen molar-refractivity contribution in [2.45, 2.75) is 20.4 Å². The number of hydrogen-bond acceptors (Lipinski definition) is 4. The van der Waals surface area contributed by atoms with Gasteiger partial charge in [-0.05, 0) is 32.0 Å². The zero-order valence-electron chi connectivity index (χ0n) is 10.7. The molecule has 0 fully saturated rings. The molecule has 1 aromatic carbocycles. The van der Waals surface area contributed by atoms with E-state index in [1.807, 2.05) is 13.8 Å². The summed E-state index contributed by atoms with van der Waals surface area (Å²) in [5, 5.41) is 3.58. The van der Waals surface area contributed by atoms with Crippen LogP contribution in [0.5, 0.6) is 0 Å². The van der Waals surface area contributed by atoms with Crippen LogP contribution in [0.25, 0.3) is 0 Å². The molecular formula is C13H14FN3OS. The molecule has 0 bridgehead atoms. The van der Waals surface area contributed by atoms with Gasteiger partial charge in [-0.1, -0.05) is 0 Å². The predicted molar refractivity (Wildman–Crippen MR) is 73.6 cm³/mol. The van der Waals surface area contributed by atoms with Crippen LogP contribution in [0.15, 0.2) is 18.2 Å². The molecule has 1 heterocycles. The minimum atomic E-state index is -0.525. The van der Waals surface area contributed by atoms with Crippen LogP contribution in [0.2, 0.25) is 0 Å². The highest BCUT2D eigenvalue weighted by atomic mass is 32.1. The molecular weight excluding hydrogens is 265 g/mol. The Morgan fingerprint density at radius 2 is 2.21 bits per heavy atom. The highest BCUT2D eigenvalue weighted by molar-refractivity contribution is 7.11. The molecule has 3 N–H and O–H groups in total. The number of amides is 1. The van der Waals surface area contributed by atoms with E-state index in [0.717, 1.165) is 15.6 Å². The number of anilines is 1. The quantitative estimate of drug-likeness (QED) is 0.848. The maximum absolute atomic E-state index is 13.0. The molecule has 1 amide bonds. The maximum Gasteiger partial charge on any atom is 0.251 e. The van der Waals surface area contributed by atoms with Crippen LogP contribution in [-0.2, 0) is 6.54 Å². The Hall–Kier alpha value is -1.95. The largest absolute Gasteiger partial charge is 0.396 e. The number of nitrogens with one attached hydrogen (secondary N) is 1. The molecule has 0 radical (unpaired) electrons. The number of nitrogen functional groups attached to an aromatic ring is 1. The molecule has 1 aromatic heterocycles. The highest BCUT2D eigenvalue weighted by Crippen LogP contribution is 2.16. The summed E-state index contributed by atoms with van der Waals surface area (Å²) >= 11 is 1.55. The van der Waals surface area contributed by atoms with Gasteiger partial charge in [0, 0.05) is 10.4 Å². The van der Waals surface area contributed by atoms with Crippen LogP contribution in [0.4, 0.5) is 10.1 Å². The number of benzene rings is 1. The number of rotatable bonds is 3. The van der Waals surface area contributed by atoms with Crippen molar-refractivity contribution in [2.24, 2.45) is 0 Å². The van der Waals surface area contributed by atoms with Gasteiger partial charge < -0.3 is 11.1 Å². The van der Waals surface area contributed by atoms with Gasteiger partial charge in [-0.25, -0.2) is 9.37 Å². The third-order valence-corrected chi connectivity index (χ3v) is 3.80. The van der Waals surface area contributed by atoms with Crippen molar-refractivity contribution < 1.29 is 9.18 Å². The Morgan fingerprint density at radius 3 is 2.79 bits per heavy atom. The van der Waals surface area contributed by atoms with Crippen molar-refractivity contribution >= 4 is 22.9 Å². The third kappa shape index (κ3) is 3.08. The Labute approximate surface area is 114 Å². The van der Waals surface area contributed by atoms with Gasteiger partial charge in [0.25, 0.3) is 5.91 Å². The second-order valence-corrected chi connectivity index (χ2v) is 5.46. The van der Waals surface area contributed by atoms with E-state index in [0.29, 0.717) is 12.1 Å². The molecule has 0 unspecified atom stereocenters. The lowest BCUT2D eigenvalue weighted by Gasteiger charge is -2.04. The number of thiazole rings is 1. The van der Waals surface area contributed by atoms with Gasteiger partial charge in [0.1, 0.15) is 10.8 Å². The molecule has 0 saturated carbocycles. The van der Waals surface area contributed by atoms with Crippen molar-refractivity contribution in [3.05, 3.63) is 45.2 Å². The van der Waals surface area contributed by atoms with E-state index in [-0.39, 0.29) is 11.6 Å². The summed E-state index contributed by atoms with van der Waals surface area (Å²) < 4.78 is 13.0. The number of carbonyl (C=O) groups is 1. The molecule has 2 rings (SSSR count). The lowest BCUT2D eigenvalue weighted by atomic mass is 10.2. The van der Waals surface area contributed by atoms with Gasteiger partial charge in [0.05, 0.1) is 17.9 Å². The summed E-state index contributed by atoms with van der Waals surface area (Å²) in [7, 11) is 0. The molecule has 100 valence electrons. The topological polar surface area (TPSA) is 68.0 Å². The minimum absolute atomic E-state index is 0.0337. The van der Waals surface area contributed by atoms with E-state index in [1.165, 1.54) is 18.2 Å². The first-order valence-electron chi connectivity index (χ1n) is 5.73. The second-order valence-electron chi connectivity index (χ2n) is 4.17. The Balaban J connectivity index is 2.03. The fraction of sp³-hybridized carbons (Fsp3) is 0.231. The molecule has 6 heteroatoms. The Bertz CT molecular complexity index is 605. The summed E-state index contributed by atoms with van der Waals surface area (Å²) in [5.74, 6) is -0.820. The first-order valence-corrected chi connectivity index (χ1v) is 6.55. The van der Waals surface area contributed by atoms with Crippen LogP contribution in [-0.4, -0.2) is 10.9 Å². The van der Waals surface area contributed by atoms with Crippen molar-refractivity contribution in [3.63, 3.8) is 0 Å². The maximum atomic E-state index is 13.0. The normalized spacial score (nSPS) is 10.5. The van der Waals surface area contributed by atoms with E-state index < -0.39 is 5.82 Å². The number of carbonyl (C=O) groups excluding carboxylic acids is 1. The average molecular weight is 279 g/mol. The standard InChI is InChI=1S/C13H14FN3OS/c1-7-8(2)19-12(17-7)6-16-13(18)9-3-4-10(14)11(15)5-9/h3-5H,6,15H2,1-2H3,(H,16,18). The van der Waals surface area contributed by atoms with Crippen molar-refractivity contribution in [1.82, 2.24) is 10.3 Å². The van der Waals surface area contributed by atoms with Crippen LogP contribution < -0.4 is 11.1 Å². The van der Waals surface area contributed by atoms with Gasteiger partial charge in [-0.3, -0.25) is 4.79 Å². The number of nitrogens with two attached hydrogens (primary N) is 1. The second kappa shape index (κ2) is 5.36. The zero-order chi connectivity index (χ0) is 14.0. The highest BCUT2D eigenvalue weighted by Gasteiger charge is 2.09. The molecule has 0 spiro atoms. The first kappa shape index (κ1) is 13.5. The number of aromatic nitrogens is 1. The molecule has 0 saturated heterocycles. The summed E-state index contributed by atoms with van der Waals surface area (Å²) in [6.07, 6.45) is 0. The number of hydrogen-bond donors (Lipinski definition) is 2. The predicted octanol–water partition coefficient (Wildman–Crippen LogP) is 2.41. The summed E-state index contributed by atoms with van der Waals surface area (Å²) in [4.78, 5) is 17.3. The summed E-state index contributed by atoms with van der Waals surface area (Å²) in [5.41, 5.74) is 6.70. The molecule has 0 atom stereocenters. The van der Waals surface area contributed by atoms with Crippen molar-refractivity contribution in [2.75, 3.05) is 5.73 Å². The van der Waals surface area contributed by atoms with E-state index >= 15 is 0 Å².